The monoisotopic (exact) mass is 666 g/mol. The zero-order valence-corrected chi connectivity index (χ0v) is 27.6. The molecule has 0 saturated carbocycles. The molecule has 52 heavy (non-hydrogen) atoms. The van der Waals surface area contributed by atoms with Gasteiger partial charge in [-0.3, -0.25) is 19.9 Å². The maximum atomic E-state index is 11.4. The van der Waals surface area contributed by atoms with E-state index in [0.717, 1.165) is 93.9 Å². The molecule has 0 aliphatic rings. The molecule has 242 valence electrons. The summed E-state index contributed by atoms with van der Waals surface area (Å²) in [6.45, 7) is 0. The highest BCUT2D eigenvalue weighted by atomic mass is 16.3. The third-order valence-electron chi connectivity index (χ3n) is 9.78. The van der Waals surface area contributed by atoms with E-state index >= 15 is 0 Å². The summed E-state index contributed by atoms with van der Waals surface area (Å²) in [5.41, 5.74) is 11.5. The lowest BCUT2D eigenvalue weighted by Crippen LogP contribution is -2.07. The second-order valence-electron chi connectivity index (χ2n) is 12.6. The minimum Gasteiger partial charge on any atom is -0.456 e. The average molecular weight is 667 g/mol. The van der Waals surface area contributed by atoms with Gasteiger partial charge in [-0.15, -0.1) is 0 Å². The summed E-state index contributed by atoms with van der Waals surface area (Å²) < 4.78 is 8.78. The van der Waals surface area contributed by atoms with Gasteiger partial charge in [-0.2, -0.15) is 5.26 Å². The van der Waals surface area contributed by atoms with Crippen LogP contribution in [0, 0.1) is 11.3 Å². The molecule has 7 heteroatoms. The van der Waals surface area contributed by atoms with Gasteiger partial charge >= 0.3 is 0 Å². The first kappa shape index (κ1) is 29.5. The van der Waals surface area contributed by atoms with Crippen LogP contribution in [0.2, 0.25) is 0 Å². The fraction of sp³-hybridized carbons (Fsp3) is 0. The van der Waals surface area contributed by atoms with E-state index in [2.05, 4.69) is 79.1 Å². The SMILES string of the molecule is N#Cc1c(-c2cccnc2)c(-c2cccnc2)c(-c2cccnc2)c(-n2c3ccccc3c3cc4c(cc32)oc2ccccc24)c1-c1cccnc1. The fourth-order valence-electron chi connectivity index (χ4n) is 7.68. The van der Waals surface area contributed by atoms with E-state index in [1.54, 1.807) is 24.8 Å². The number of hydrogen-bond donors (Lipinski definition) is 0. The second-order valence-corrected chi connectivity index (χ2v) is 12.6. The van der Waals surface area contributed by atoms with Crippen LogP contribution in [0.4, 0.5) is 0 Å². The molecule has 4 aromatic carbocycles. The molecule has 0 N–H and O–H groups in total. The molecule has 0 aliphatic heterocycles. The number of para-hydroxylation sites is 2. The van der Waals surface area contributed by atoms with Crippen molar-refractivity contribution in [3.63, 3.8) is 0 Å². The highest BCUT2D eigenvalue weighted by Gasteiger charge is 2.31. The molecule has 6 aromatic heterocycles. The van der Waals surface area contributed by atoms with Crippen LogP contribution in [0.5, 0.6) is 0 Å². The number of pyridine rings is 4. The van der Waals surface area contributed by atoms with Gasteiger partial charge in [0.2, 0.25) is 0 Å². The van der Waals surface area contributed by atoms with Crippen molar-refractivity contribution in [2.24, 2.45) is 0 Å². The Hall–Kier alpha value is -7.43. The minimum absolute atomic E-state index is 0.498. The second kappa shape index (κ2) is 11.9. The summed E-state index contributed by atoms with van der Waals surface area (Å²) >= 11 is 0. The molecular weight excluding hydrogens is 641 g/mol. The maximum Gasteiger partial charge on any atom is 0.137 e. The molecule has 0 radical (unpaired) electrons. The van der Waals surface area contributed by atoms with E-state index in [1.165, 1.54) is 0 Å². The van der Waals surface area contributed by atoms with Crippen molar-refractivity contribution < 1.29 is 4.42 Å². The van der Waals surface area contributed by atoms with Gasteiger partial charge in [0.15, 0.2) is 0 Å². The third kappa shape index (κ3) is 4.45. The van der Waals surface area contributed by atoms with Gasteiger partial charge in [-0.1, -0.05) is 60.7 Å². The number of rotatable bonds is 5. The van der Waals surface area contributed by atoms with Crippen LogP contribution in [0.3, 0.4) is 0 Å². The molecule has 0 saturated heterocycles. The minimum atomic E-state index is 0.498. The molecular formula is C45H26N6O. The number of hydrogen-bond acceptors (Lipinski definition) is 6. The zero-order valence-electron chi connectivity index (χ0n) is 27.6. The Morgan fingerprint density at radius 3 is 1.63 bits per heavy atom. The number of benzene rings is 4. The number of nitrogens with zero attached hydrogens (tertiary/aromatic N) is 6. The standard InChI is InChI=1S/C45H26N6O/c46-23-36-41(28-9-5-17-47-24-28)43(30-11-7-19-49-26-30)44(31-12-8-20-50-27-31)45(42(36)29-10-6-18-48-25-29)51-37-15-3-1-13-32(37)34-21-35-33-14-2-4-16-39(33)52-40(35)22-38(34)51/h1-22,24-27H. The molecule has 0 spiro atoms. The van der Waals surface area contributed by atoms with Crippen molar-refractivity contribution in [2.45, 2.75) is 0 Å². The highest BCUT2D eigenvalue weighted by molar-refractivity contribution is 6.19. The molecule has 6 heterocycles. The van der Waals surface area contributed by atoms with Crippen LogP contribution >= 0.6 is 0 Å². The smallest absolute Gasteiger partial charge is 0.137 e. The zero-order chi connectivity index (χ0) is 34.6. The van der Waals surface area contributed by atoms with Crippen LogP contribution in [0.15, 0.2) is 163 Å². The summed E-state index contributed by atoms with van der Waals surface area (Å²) in [7, 11) is 0. The Kier molecular flexibility index (Phi) is 6.73. The molecule has 0 atom stereocenters. The largest absolute Gasteiger partial charge is 0.456 e. The highest BCUT2D eigenvalue weighted by Crippen LogP contribution is 2.52. The molecule has 0 unspecified atom stereocenters. The van der Waals surface area contributed by atoms with Gasteiger partial charge < -0.3 is 8.98 Å². The third-order valence-corrected chi connectivity index (χ3v) is 9.78. The first-order chi connectivity index (χ1) is 25.8. The van der Waals surface area contributed by atoms with E-state index < -0.39 is 0 Å². The molecule has 7 nitrogen and oxygen atoms in total. The van der Waals surface area contributed by atoms with Crippen molar-refractivity contribution in [3.8, 4) is 56.3 Å². The summed E-state index contributed by atoms with van der Waals surface area (Å²) in [4.78, 5) is 18.3. The van der Waals surface area contributed by atoms with E-state index in [-0.39, 0.29) is 0 Å². The Morgan fingerprint density at radius 2 is 1.02 bits per heavy atom. The van der Waals surface area contributed by atoms with Crippen molar-refractivity contribution in [2.75, 3.05) is 0 Å². The number of nitriles is 1. The predicted octanol–water partition coefficient (Wildman–Crippen LogP) is 10.8. The van der Waals surface area contributed by atoms with E-state index in [4.69, 9.17) is 4.42 Å². The van der Waals surface area contributed by atoms with Crippen molar-refractivity contribution in [1.82, 2.24) is 24.5 Å². The predicted molar refractivity (Wildman–Crippen MR) is 206 cm³/mol. The van der Waals surface area contributed by atoms with Gasteiger partial charge in [0, 0.05) is 122 Å². The maximum absolute atomic E-state index is 11.4. The summed E-state index contributed by atoms with van der Waals surface area (Å²) in [5, 5.41) is 15.6. The lowest BCUT2D eigenvalue weighted by molar-refractivity contribution is 0.669. The Bertz CT molecular complexity index is 3000. The quantitative estimate of drug-likeness (QED) is 0.181. The Balaban J connectivity index is 1.50. The number of furan rings is 1. The van der Waals surface area contributed by atoms with Crippen LogP contribution in [-0.4, -0.2) is 24.5 Å². The lowest BCUT2D eigenvalue weighted by atomic mass is 9.80. The fourth-order valence-corrected chi connectivity index (χ4v) is 7.68. The van der Waals surface area contributed by atoms with Gasteiger partial charge in [0.1, 0.15) is 17.2 Å². The summed E-state index contributed by atoms with van der Waals surface area (Å²) in [5.74, 6) is 0. The molecule has 0 fully saturated rings. The van der Waals surface area contributed by atoms with Gasteiger partial charge in [0.25, 0.3) is 0 Å². The van der Waals surface area contributed by atoms with Crippen molar-refractivity contribution in [3.05, 3.63) is 164 Å². The Labute approximate surface area is 297 Å². The lowest BCUT2D eigenvalue weighted by Gasteiger charge is -2.26. The number of fused-ring (bicyclic) bond motifs is 6. The van der Waals surface area contributed by atoms with E-state index in [9.17, 15) is 5.26 Å². The molecule has 10 aromatic rings. The average Bonchev–Trinajstić information content (AvgIpc) is 3.74. The van der Waals surface area contributed by atoms with Crippen molar-refractivity contribution in [1.29, 1.82) is 5.26 Å². The molecule has 0 bridgehead atoms. The van der Waals surface area contributed by atoms with Crippen LogP contribution in [-0.2, 0) is 0 Å². The van der Waals surface area contributed by atoms with Gasteiger partial charge in [0.05, 0.1) is 22.3 Å². The van der Waals surface area contributed by atoms with Gasteiger partial charge in [-0.25, -0.2) is 0 Å². The topological polar surface area (TPSA) is 93.4 Å². The van der Waals surface area contributed by atoms with Crippen LogP contribution < -0.4 is 0 Å². The Morgan fingerprint density at radius 1 is 0.462 bits per heavy atom. The van der Waals surface area contributed by atoms with Crippen molar-refractivity contribution >= 4 is 43.7 Å². The first-order valence-corrected chi connectivity index (χ1v) is 16.9. The van der Waals surface area contributed by atoms with Crippen LogP contribution in [0.1, 0.15) is 5.56 Å². The molecule has 0 aliphatic carbocycles. The van der Waals surface area contributed by atoms with E-state index in [1.807, 2.05) is 85.5 Å². The first-order valence-electron chi connectivity index (χ1n) is 16.9. The number of aromatic nitrogens is 5. The van der Waals surface area contributed by atoms with E-state index in [0.29, 0.717) is 5.56 Å². The van der Waals surface area contributed by atoms with Gasteiger partial charge in [-0.05, 0) is 42.5 Å². The summed E-state index contributed by atoms with van der Waals surface area (Å²) in [6, 6.07) is 39.4. The molecule has 10 rings (SSSR count). The van der Waals surface area contributed by atoms with Crippen LogP contribution in [0.25, 0.3) is 93.9 Å². The molecule has 0 amide bonds. The summed E-state index contributed by atoms with van der Waals surface area (Å²) in [6.07, 6.45) is 14.4. The normalized spacial score (nSPS) is 11.4.